The van der Waals surface area contributed by atoms with Gasteiger partial charge in [-0.3, -0.25) is 4.98 Å². The van der Waals surface area contributed by atoms with Gasteiger partial charge in [-0.05, 0) is 48.6 Å². The van der Waals surface area contributed by atoms with E-state index in [1.807, 2.05) is 12.3 Å². The second kappa shape index (κ2) is 6.07. The monoisotopic (exact) mass is 277 g/mol. The van der Waals surface area contributed by atoms with Crippen LogP contribution < -0.4 is 5.32 Å². The van der Waals surface area contributed by atoms with Crippen molar-refractivity contribution < 1.29 is 0 Å². The van der Waals surface area contributed by atoms with E-state index in [0.29, 0.717) is 11.6 Å². The highest BCUT2D eigenvalue weighted by Gasteiger charge is 2.21. The van der Waals surface area contributed by atoms with Crippen molar-refractivity contribution in [1.82, 2.24) is 10.3 Å². The summed E-state index contributed by atoms with van der Waals surface area (Å²) in [6.45, 7) is 3.27. The van der Waals surface area contributed by atoms with Crippen LogP contribution in [0.15, 0.2) is 36.7 Å². The molecule has 0 saturated heterocycles. The van der Waals surface area contributed by atoms with Gasteiger partial charge >= 0.3 is 0 Å². The van der Waals surface area contributed by atoms with E-state index in [-0.39, 0.29) is 0 Å². The molecule has 0 fully saturated rings. The summed E-state index contributed by atoms with van der Waals surface area (Å²) in [6.07, 6.45) is 6.88. The minimum Gasteiger partial charge on any atom is -0.310 e. The highest BCUT2D eigenvalue weighted by atomic mass is 14.9. The van der Waals surface area contributed by atoms with Crippen molar-refractivity contribution in [3.63, 3.8) is 0 Å². The quantitative estimate of drug-likeness (QED) is 0.928. The Morgan fingerprint density at radius 1 is 1.29 bits per heavy atom. The molecule has 3 rings (SSSR count). The Balaban J connectivity index is 1.89. The summed E-state index contributed by atoms with van der Waals surface area (Å²) < 4.78 is 0. The molecule has 1 atom stereocenters. The van der Waals surface area contributed by atoms with Crippen LogP contribution in [0.4, 0.5) is 0 Å². The maximum absolute atomic E-state index is 8.98. The molecule has 1 aromatic heterocycles. The van der Waals surface area contributed by atoms with Crippen molar-refractivity contribution in [2.75, 3.05) is 6.54 Å². The average molecular weight is 277 g/mol. The molecule has 106 valence electrons. The van der Waals surface area contributed by atoms with Crippen molar-refractivity contribution in [2.45, 2.75) is 32.2 Å². The molecule has 1 heterocycles. The van der Waals surface area contributed by atoms with Crippen LogP contribution >= 0.6 is 0 Å². The molecular weight excluding hydrogens is 258 g/mol. The van der Waals surface area contributed by atoms with E-state index < -0.39 is 0 Å². The lowest BCUT2D eigenvalue weighted by atomic mass is 10.00. The third-order valence-corrected chi connectivity index (χ3v) is 4.06. The van der Waals surface area contributed by atoms with Gasteiger partial charge in [-0.2, -0.15) is 5.26 Å². The number of pyridine rings is 1. The topological polar surface area (TPSA) is 48.7 Å². The first-order valence-electron chi connectivity index (χ1n) is 7.53. The van der Waals surface area contributed by atoms with E-state index >= 15 is 0 Å². The van der Waals surface area contributed by atoms with E-state index in [0.717, 1.165) is 30.5 Å². The van der Waals surface area contributed by atoms with Crippen LogP contribution in [0, 0.1) is 11.3 Å². The van der Waals surface area contributed by atoms with E-state index in [2.05, 4.69) is 41.5 Å². The molecule has 1 unspecified atom stereocenters. The molecule has 0 radical (unpaired) electrons. The minimum atomic E-state index is 0.498. The van der Waals surface area contributed by atoms with Gasteiger partial charge in [-0.15, -0.1) is 0 Å². The molecule has 3 nitrogen and oxygen atoms in total. The van der Waals surface area contributed by atoms with Gasteiger partial charge in [-0.1, -0.05) is 25.1 Å². The number of hydrogen-bond donors (Lipinski definition) is 1. The predicted molar refractivity (Wildman–Crippen MR) is 83.7 cm³/mol. The van der Waals surface area contributed by atoms with Crippen molar-refractivity contribution in [2.24, 2.45) is 0 Å². The number of nitrogens with one attached hydrogen (secondary N) is 1. The predicted octanol–water partition coefficient (Wildman–Crippen LogP) is 3.61. The largest absolute Gasteiger partial charge is 0.310 e. The van der Waals surface area contributed by atoms with Crippen LogP contribution in [0.5, 0.6) is 0 Å². The molecule has 1 aliphatic carbocycles. The summed E-state index contributed by atoms with van der Waals surface area (Å²) in [7, 11) is 0. The van der Waals surface area contributed by atoms with Crippen LogP contribution in [0.2, 0.25) is 0 Å². The Kier molecular flexibility index (Phi) is 3.98. The molecule has 0 spiro atoms. The van der Waals surface area contributed by atoms with Gasteiger partial charge in [0, 0.05) is 24.0 Å². The Morgan fingerprint density at radius 2 is 2.19 bits per heavy atom. The average Bonchev–Trinajstić information content (AvgIpc) is 2.95. The lowest BCUT2D eigenvalue weighted by molar-refractivity contribution is 0.529. The standard InChI is InChI=1S/C18H19N3/c1-2-7-21-18-6-4-15-9-14(3-5-17(15)18)16-8-13(10-19)11-20-12-16/h3,5,8-9,11-12,18,21H,2,4,6-7H2,1H3. The van der Waals surface area contributed by atoms with Gasteiger partial charge in [0.15, 0.2) is 0 Å². The number of nitriles is 1. The van der Waals surface area contributed by atoms with Crippen LogP contribution in [0.1, 0.15) is 42.5 Å². The van der Waals surface area contributed by atoms with Gasteiger partial charge in [0.05, 0.1) is 5.56 Å². The van der Waals surface area contributed by atoms with Gasteiger partial charge in [0.1, 0.15) is 6.07 Å². The highest BCUT2D eigenvalue weighted by Crippen LogP contribution is 2.34. The summed E-state index contributed by atoms with van der Waals surface area (Å²) in [4.78, 5) is 4.15. The molecule has 1 aromatic carbocycles. The molecule has 0 bridgehead atoms. The fourth-order valence-electron chi connectivity index (χ4n) is 2.99. The van der Waals surface area contributed by atoms with E-state index in [9.17, 15) is 0 Å². The fourth-order valence-corrected chi connectivity index (χ4v) is 2.99. The zero-order valence-electron chi connectivity index (χ0n) is 12.3. The van der Waals surface area contributed by atoms with Crippen LogP contribution in [-0.4, -0.2) is 11.5 Å². The van der Waals surface area contributed by atoms with Crippen molar-refractivity contribution in [3.8, 4) is 17.2 Å². The molecular formula is C18H19N3. The van der Waals surface area contributed by atoms with Crippen LogP contribution in [0.3, 0.4) is 0 Å². The molecule has 0 saturated carbocycles. The lowest BCUT2D eigenvalue weighted by Crippen LogP contribution is -2.19. The number of nitrogens with zero attached hydrogens (tertiary/aromatic N) is 2. The van der Waals surface area contributed by atoms with Gasteiger partial charge in [0.2, 0.25) is 0 Å². The zero-order chi connectivity index (χ0) is 14.7. The Morgan fingerprint density at radius 3 is 3.00 bits per heavy atom. The van der Waals surface area contributed by atoms with E-state index in [4.69, 9.17) is 5.26 Å². The number of rotatable bonds is 4. The fraction of sp³-hybridized carbons (Fsp3) is 0.333. The second-order valence-electron chi connectivity index (χ2n) is 5.53. The number of fused-ring (bicyclic) bond motifs is 1. The smallest absolute Gasteiger partial charge is 0.101 e. The molecule has 0 amide bonds. The van der Waals surface area contributed by atoms with E-state index in [1.165, 1.54) is 17.5 Å². The summed E-state index contributed by atoms with van der Waals surface area (Å²) in [6, 6.07) is 11.2. The maximum Gasteiger partial charge on any atom is 0.101 e. The normalized spacial score (nSPS) is 16.5. The first-order valence-corrected chi connectivity index (χ1v) is 7.53. The van der Waals surface area contributed by atoms with Crippen molar-refractivity contribution in [1.29, 1.82) is 5.26 Å². The SMILES string of the molecule is CCCNC1CCc2cc(-c3cncc(C#N)c3)ccc21. The molecule has 1 aliphatic rings. The summed E-state index contributed by atoms with van der Waals surface area (Å²) in [5.41, 5.74) is 5.62. The van der Waals surface area contributed by atoms with Crippen molar-refractivity contribution in [3.05, 3.63) is 53.3 Å². The van der Waals surface area contributed by atoms with Crippen LogP contribution in [-0.2, 0) is 6.42 Å². The molecule has 0 aliphatic heterocycles. The molecule has 1 N–H and O–H groups in total. The third kappa shape index (κ3) is 2.81. The molecule has 2 aromatic rings. The number of aromatic nitrogens is 1. The lowest BCUT2D eigenvalue weighted by Gasteiger charge is -2.13. The Bertz CT molecular complexity index is 685. The summed E-state index contributed by atoms with van der Waals surface area (Å²) >= 11 is 0. The first-order chi connectivity index (χ1) is 10.3. The van der Waals surface area contributed by atoms with Gasteiger partial charge in [-0.25, -0.2) is 0 Å². The Labute approximate surface area is 125 Å². The summed E-state index contributed by atoms with van der Waals surface area (Å²) in [5, 5.41) is 12.6. The molecule has 3 heteroatoms. The maximum atomic E-state index is 8.98. The number of benzene rings is 1. The number of aryl methyl sites for hydroxylation is 1. The molecule has 21 heavy (non-hydrogen) atoms. The zero-order valence-corrected chi connectivity index (χ0v) is 12.3. The number of hydrogen-bond acceptors (Lipinski definition) is 3. The highest BCUT2D eigenvalue weighted by molar-refractivity contribution is 5.66. The summed E-state index contributed by atoms with van der Waals surface area (Å²) in [5.74, 6) is 0. The van der Waals surface area contributed by atoms with E-state index in [1.54, 1.807) is 6.20 Å². The second-order valence-corrected chi connectivity index (χ2v) is 5.53. The van der Waals surface area contributed by atoms with Gasteiger partial charge < -0.3 is 5.32 Å². The van der Waals surface area contributed by atoms with Crippen molar-refractivity contribution >= 4 is 0 Å². The Hall–Kier alpha value is -2.18. The minimum absolute atomic E-state index is 0.498. The van der Waals surface area contributed by atoms with Crippen LogP contribution in [0.25, 0.3) is 11.1 Å². The first kappa shape index (κ1) is 13.8. The van der Waals surface area contributed by atoms with Gasteiger partial charge in [0.25, 0.3) is 0 Å². The third-order valence-electron chi connectivity index (χ3n) is 4.06.